The van der Waals surface area contributed by atoms with Crippen molar-refractivity contribution in [2.75, 3.05) is 5.32 Å². The van der Waals surface area contributed by atoms with Gasteiger partial charge in [0.1, 0.15) is 6.61 Å². The second-order valence-corrected chi connectivity index (χ2v) is 5.73. The van der Waals surface area contributed by atoms with Crippen molar-refractivity contribution in [3.05, 3.63) is 65.2 Å². The average molecular weight is 320 g/mol. The van der Waals surface area contributed by atoms with Crippen molar-refractivity contribution in [3.8, 4) is 6.07 Å². The molecule has 0 unspecified atom stereocenters. The molecule has 1 aliphatic carbocycles. The molecule has 0 bridgehead atoms. The Kier molecular flexibility index (Phi) is 4.57. The molecule has 3 rings (SSSR count). The number of benzene rings is 2. The van der Waals surface area contributed by atoms with E-state index >= 15 is 0 Å². The van der Waals surface area contributed by atoms with Gasteiger partial charge in [0.15, 0.2) is 0 Å². The van der Waals surface area contributed by atoms with Crippen LogP contribution in [0.15, 0.2) is 48.5 Å². The zero-order valence-electron chi connectivity index (χ0n) is 13.0. The van der Waals surface area contributed by atoms with E-state index in [1.165, 1.54) is 0 Å². The molecule has 1 N–H and O–H groups in total. The lowest BCUT2D eigenvalue weighted by Crippen LogP contribution is -2.13. The number of hydrogen-bond acceptors (Lipinski definition) is 4. The first kappa shape index (κ1) is 15.8. The predicted octanol–water partition coefficient (Wildman–Crippen LogP) is 3.26. The summed E-state index contributed by atoms with van der Waals surface area (Å²) in [6.45, 7) is 0.106. The molecule has 0 aliphatic heterocycles. The fourth-order valence-corrected chi connectivity index (χ4v) is 2.24. The van der Waals surface area contributed by atoms with Gasteiger partial charge in [0.25, 0.3) is 0 Å². The van der Waals surface area contributed by atoms with E-state index in [9.17, 15) is 9.59 Å². The summed E-state index contributed by atoms with van der Waals surface area (Å²) in [6.07, 6.45) is 1.90. The molecule has 1 saturated carbocycles. The lowest BCUT2D eigenvalue weighted by molar-refractivity contribution is -0.117. The van der Waals surface area contributed by atoms with Gasteiger partial charge in [-0.05, 0) is 54.8 Å². The zero-order chi connectivity index (χ0) is 16.9. The maximum atomic E-state index is 12.0. The van der Waals surface area contributed by atoms with Crippen molar-refractivity contribution in [2.24, 2.45) is 5.92 Å². The number of amides is 1. The Hall–Kier alpha value is -3.13. The van der Waals surface area contributed by atoms with Crippen molar-refractivity contribution in [1.82, 2.24) is 0 Å². The first-order chi connectivity index (χ1) is 11.7. The fraction of sp³-hybridized carbons (Fsp3) is 0.211. The quantitative estimate of drug-likeness (QED) is 0.858. The fourth-order valence-electron chi connectivity index (χ4n) is 2.24. The summed E-state index contributed by atoms with van der Waals surface area (Å²) in [5, 5.41) is 11.7. The largest absolute Gasteiger partial charge is 0.457 e. The summed E-state index contributed by atoms with van der Waals surface area (Å²) in [6, 6.07) is 15.6. The average Bonchev–Trinajstić information content (AvgIpc) is 3.45. The summed E-state index contributed by atoms with van der Waals surface area (Å²) >= 11 is 0. The van der Waals surface area contributed by atoms with Gasteiger partial charge in [-0.3, -0.25) is 4.79 Å². The molecular weight excluding hydrogens is 304 g/mol. The van der Waals surface area contributed by atoms with Crippen LogP contribution >= 0.6 is 0 Å². The van der Waals surface area contributed by atoms with Gasteiger partial charge in [-0.2, -0.15) is 5.26 Å². The smallest absolute Gasteiger partial charge is 0.338 e. The molecule has 120 valence electrons. The van der Waals surface area contributed by atoms with Gasteiger partial charge in [-0.15, -0.1) is 0 Å². The van der Waals surface area contributed by atoms with Crippen LogP contribution in [0.3, 0.4) is 0 Å². The van der Waals surface area contributed by atoms with Crippen molar-refractivity contribution in [2.45, 2.75) is 19.4 Å². The topological polar surface area (TPSA) is 79.2 Å². The summed E-state index contributed by atoms with van der Waals surface area (Å²) in [4.78, 5) is 23.7. The number of hydrogen-bond donors (Lipinski definition) is 1. The van der Waals surface area contributed by atoms with E-state index in [-0.39, 0.29) is 18.4 Å². The van der Waals surface area contributed by atoms with E-state index in [0.29, 0.717) is 16.8 Å². The van der Waals surface area contributed by atoms with Gasteiger partial charge in [0, 0.05) is 11.6 Å². The minimum atomic E-state index is -0.447. The van der Waals surface area contributed by atoms with E-state index in [0.717, 1.165) is 18.4 Å². The number of nitrogens with zero attached hydrogens (tertiary/aromatic N) is 1. The molecule has 5 nitrogen and oxygen atoms in total. The minimum Gasteiger partial charge on any atom is -0.457 e. The molecule has 1 fully saturated rings. The third-order valence-electron chi connectivity index (χ3n) is 3.76. The molecule has 2 aromatic carbocycles. The molecule has 2 aromatic rings. The van der Waals surface area contributed by atoms with Crippen molar-refractivity contribution in [3.63, 3.8) is 0 Å². The summed E-state index contributed by atoms with van der Waals surface area (Å²) < 4.78 is 5.25. The van der Waals surface area contributed by atoms with Crippen molar-refractivity contribution < 1.29 is 14.3 Å². The second kappa shape index (κ2) is 6.97. The Morgan fingerprint density at radius 1 is 1.17 bits per heavy atom. The number of esters is 1. The van der Waals surface area contributed by atoms with E-state index in [1.807, 2.05) is 6.07 Å². The molecule has 1 amide bonds. The Labute approximate surface area is 139 Å². The van der Waals surface area contributed by atoms with E-state index in [1.54, 1.807) is 48.5 Å². The summed E-state index contributed by atoms with van der Waals surface area (Å²) in [5.41, 5.74) is 2.37. The van der Waals surface area contributed by atoms with Gasteiger partial charge in [-0.25, -0.2) is 4.79 Å². The van der Waals surface area contributed by atoms with Crippen LogP contribution in [0.4, 0.5) is 5.69 Å². The number of ether oxygens (including phenoxy) is 1. The van der Waals surface area contributed by atoms with Gasteiger partial charge >= 0.3 is 5.97 Å². The highest BCUT2D eigenvalue weighted by molar-refractivity contribution is 5.95. The molecule has 0 radical (unpaired) electrons. The summed E-state index contributed by atoms with van der Waals surface area (Å²) in [5.74, 6) is -0.279. The van der Waals surface area contributed by atoms with Gasteiger partial charge in [0.2, 0.25) is 5.91 Å². The maximum Gasteiger partial charge on any atom is 0.338 e. The molecule has 24 heavy (non-hydrogen) atoms. The van der Waals surface area contributed by atoms with Crippen LogP contribution in [-0.2, 0) is 16.1 Å². The molecule has 0 atom stereocenters. The highest BCUT2D eigenvalue weighted by Crippen LogP contribution is 2.30. The first-order valence-electron chi connectivity index (χ1n) is 7.73. The monoisotopic (exact) mass is 320 g/mol. The lowest BCUT2D eigenvalue weighted by Gasteiger charge is -2.07. The first-order valence-corrected chi connectivity index (χ1v) is 7.73. The molecule has 0 spiro atoms. The lowest BCUT2D eigenvalue weighted by atomic mass is 10.1. The Morgan fingerprint density at radius 3 is 2.58 bits per heavy atom. The Balaban J connectivity index is 1.56. The Bertz CT molecular complexity index is 802. The number of nitrogens with one attached hydrogen (secondary N) is 1. The third-order valence-corrected chi connectivity index (χ3v) is 3.76. The van der Waals surface area contributed by atoms with E-state index in [4.69, 9.17) is 10.00 Å². The second-order valence-electron chi connectivity index (χ2n) is 5.73. The van der Waals surface area contributed by atoms with Gasteiger partial charge < -0.3 is 10.1 Å². The maximum absolute atomic E-state index is 12.0. The van der Waals surface area contributed by atoms with Gasteiger partial charge in [0.05, 0.1) is 17.2 Å². The highest BCUT2D eigenvalue weighted by Gasteiger charge is 2.29. The van der Waals surface area contributed by atoms with Crippen molar-refractivity contribution in [1.29, 1.82) is 5.26 Å². The molecule has 0 heterocycles. The number of anilines is 1. The number of carbonyl (C=O) groups is 2. The molecule has 1 aliphatic rings. The standard InChI is InChI=1S/C19H16N2O3/c20-11-13-2-1-3-14(10-13)12-24-19(23)16-6-8-17(9-7-16)21-18(22)15-4-5-15/h1-3,6-10,15H,4-5,12H2,(H,21,22). The van der Waals surface area contributed by atoms with Crippen LogP contribution in [0, 0.1) is 17.2 Å². The molecule has 5 heteroatoms. The number of rotatable bonds is 5. The normalized spacial score (nSPS) is 13.0. The molecular formula is C19H16N2O3. The molecule has 0 aromatic heterocycles. The van der Waals surface area contributed by atoms with Crippen molar-refractivity contribution >= 4 is 17.6 Å². The predicted molar refractivity (Wildman–Crippen MR) is 88.1 cm³/mol. The number of carbonyl (C=O) groups excluding carboxylic acids is 2. The number of nitriles is 1. The van der Waals surface area contributed by atoms with Crippen LogP contribution in [0.1, 0.15) is 34.3 Å². The highest BCUT2D eigenvalue weighted by atomic mass is 16.5. The van der Waals surface area contributed by atoms with Crippen LogP contribution < -0.4 is 5.32 Å². The van der Waals surface area contributed by atoms with Crippen LogP contribution in [0.25, 0.3) is 0 Å². The van der Waals surface area contributed by atoms with Gasteiger partial charge in [-0.1, -0.05) is 12.1 Å². The van der Waals surface area contributed by atoms with E-state index < -0.39 is 5.97 Å². The minimum absolute atomic E-state index is 0.0303. The third kappa shape index (κ3) is 3.99. The molecule has 0 saturated heterocycles. The Morgan fingerprint density at radius 2 is 1.92 bits per heavy atom. The van der Waals surface area contributed by atoms with E-state index in [2.05, 4.69) is 5.32 Å². The summed E-state index contributed by atoms with van der Waals surface area (Å²) in [7, 11) is 0. The zero-order valence-corrected chi connectivity index (χ0v) is 13.0. The van der Waals surface area contributed by atoms with Crippen LogP contribution in [0.5, 0.6) is 0 Å². The SMILES string of the molecule is N#Cc1cccc(COC(=O)c2ccc(NC(=O)C3CC3)cc2)c1. The van der Waals surface area contributed by atoms with Crippen LogP contribution in [0.2, 0.25) is 0 Å². The van der Waals surface area contributed by atoms with Crippen LogP contribution in [-0.4, -0.2) is 11.9 Å².